The van der Waals surface area contributed by atoms with Crippen LogP contribution in [0.5, 0.6) is 0 Å². The second-order valence-corrected chi connectivity index (χ2v) is 5.78. The minimum Gasteiger partial charge on any atom is -0.330 e. The molecule has 0 aliphatic rings. The minimum absolute atomic E-state index is 0.149. The molecule has 0 amide bonds. The van der Waals surface area contributed by atoms with Gasteiger partial charge in [-0.25, -0.2) is 12.8 Å². The molecule has 0 radical (unpaired) electrons. The van der Waals surface area contributed by atoms with E-state index in [4.69, 9.17) is 5.73 Å². The zero-order chi connectivity index (χ0) is 13.1. The maximum Gasteiger partial charge on any atom is 0.244 e. The predicted octanol–water partition coefficient (Wildman–Crippen LogP) is 0.578. The van der Waals surface area contributed by atoms with E-state index in [1.807, 2.05) is 0 Å². The van der Waals surface area contributed by atoms with Crippen LogP contribution in [0, 0.1) is 5.82 Å². The Labute approximate surface area is 101 Å². The first-order valence-electron chi connectivity index (χ1n) is 5.18. The Kier molecular flexibility index (Phi) is 4.55. The van der Waals surface area contributed by atoms with E-state index in [1.165, 1.54) is 11.4 Å². The lowest BCUT2D eigenvalue weighted by molar-refractivity contribution is 0.374. The van der Waals surface area contributed by atoms with Crippen molar-refractivity contribution in [3.8, 4) is 0 Å². The molecule has 2 N–H and O–H groups in total. The molecule has 0 saturated carbocycles. The maximum atomic E-state index is 12.9. The lowest BCUT2D eigenvalue weighted by atomic mass is 10.2. The number of nitrogens with two attached hydrogens (primary N) is 1. The van der Waals surface area contributed by atoms with Crippen molar-refractivity contribution in [1.29, 1.82) is 0 Å². The van der Waals surface area contributed by atoms with Crippen LogP contribution < -0.4 is 5.73 Å². The van der Waals surface area contributed by atoms with E-state index in [9.17, 15) is 12.8 Å². The number of hydrogen-bond donors (Lipinski definition) is 1. The van der Waals surface area contributed by atoms with Gasteiger partial charge in [-0.1, -0.05) is 0 Å². The van der Waals surface area contributed by atoms with Crippen LogP contribution in [-0.2, 0) is 10.0 Å². The van der Waals surface area contributed by atoms with Crippen molar-refractivity contribution < 1.29 is 12.8 Å². The topological polar surface area (TPSA) is 76.3 Å². The highest BCUT2D eigenvalue weighted by Gasteiger charge is 2.25. The van der Waals surface area contributed by atoms with Gasteiger partial charge in [-0.15, -0.1) is 0 Å². The van der Waals surface area contributed by atoms with Gasteiger partial charge in [0.15, 0.2) is 0 Å². The molecule has 0 aliphatic carbocycles. The number of aromatic nitrogens is 1. The van der Waals surface area contributed by atoms with Crippen molar-refractivity contribution >= 4 is 10.0 Å². The molecule has 5 nitrogen and oxygen atoms in total. The number of halogens is 1. The number of hydrogen-bond acceptors (Lipinski definition) is 4. The smallest absolute Gasteiger partial charge is 0.244 e. The van der Waals surface area contributed by atoms with Gasteiger partial charge in [0.25, 0.3) is 0 Å². The van der Waals surface area contributed by atoms with Crippen LogP contribution >= 0.6 is 0 Å². The second kappa shape index (κ2) is 5.52. The summed E-state index contributed by atoms with van der Waals surface area (Å²) >= 11 is 0. The van der Waals surface area contributed by atoms with Crippen LogP contribution in [0.2, 0.25) is 0 Å². The van der Waals surface area contributed by atoms with E-state index in [0.29, 0.717) is 13.0 Å². The van der Waals surface area contributed by atoms with Crippen LogP contribution in [0.4, 0.5) is 4.39 Å². The Bertz CT molecular complexity index is 478. The summed E-state index contributed by atoms with van der Waals surface area (Å²) in [7, 11) is -2.26. The van der Waals surface area contributed by atoms with E-state index in [1.54, 1.807) is 6.92 Å². The molecule has 0 fully saturated rings. The van der Waals surface area contributed by atoms with Gasteiger partial charge in [0.05, 0.1) is 6.20 Å². The predicted molar refractivity (Wildman–Crippen MR) is 62.3 cm³/mol. The van der Waals surface area contributed by atoms with Crippen LogP contribution in [-0.4, -0.2) is 37.3 Å². The SMILES string of the molecule is CC(CCN)N(C)S(=O)(=O)c1cncc(F)c1. The molecule has 96 valence electrons. The Morgan fingerprint density at radius 2 is 2.18 bits per heavy atom. The zero-order valence-corrected chi connectivity index (χ0v) is 10.6. The number of nitrogens with zero attached hydrogens (tertiary/aromatic N) is 2. The molecule has 0 aromatic carbocycles. The van der Waals surface area contributed by atoms with Gasteiger partial charge < -0.3 is 5.73 Å². The van der Waals surface area contributed by atoms with Crippen molar-refractivity contribution in [2.45, 2.75) is 24.3 Å². The molecule has 1 aromatic heterocycles. The van der Waals surface area contributed by atoms with Gasteiger partial charge in [0.2, 0.25) is 10.0 Å². The maximum absolute atomic E-state index is 12.9. The lowest BCUT2D eigenvalue weighted by Gasteiger charge is -2.23. The van der Waals surface area contributed by atoms with Gasteiger partial charge in [-0.2, -0.15) is 4.31 Å². The largest absolute Gasteiger partial charge is 0.330 e. The van der Waals surface area contributed by atoms with E-state index < -0.39 is 15.8 Å². The summed E-state index contributed by atoms with van der Waals surface area (Å²) in [5.74, 6) is -0.675. The van der Waals surface area contributed by atoms with E-state index in [0.717, 1.165) is 18.5 Å². The number of rotatable bonds is 5. The summed E-state index contributed by atoms with van der Waals surface area (Å²) in [6, 6.07) is 0.710. The Hall–Kier alpha value is -1.05. The second-order valence-electron chi connectivity index (χ2n) is 3.79. The zero-order valence-electron chi connectivity index (χ0n) is 9.80. The van der Waals surface area contributed by atoms with Crippen LogP contribution in [0.25, 0.3) is 0 Å². The van der Waals surface area contributed by atoms with Crippen LogP contribution in [0.1, 0.15) is 13.3 Å². The fraction of sp³-hybridized carbons (Fsp3) is 0.500. The highest BCUT2D eigenvalue weighted by atomic mass is 32.2. The van der Waals surface area contributed by atoms with E-state index in [-0.39, 0.29) is 10.9 Å². The van der Waals surface area contributed by atoms with Crippen molar-refractivity contribution in [3.05, 3.63) is 24.3 Å². The highest BCUT2D eigenvalue weighted by Crippen LogP contribution is 2.17. The van der Waals surface area contributed by atoms with Crippen molar-refractivity contribution in [2.75, 3.05) is 13.6 Å². The van der Waals surface area contributed by atoms with E-state index in [2.05, 4.69) is 4.98 Å². The average molecular weight is 261 g/mol. The summed E-state index contributed by atoms with van der Waals surface area (Å²) in [6.07, 6.45) is 2.63. The van der Waals surface area contributed by atoms with Crippen LogP contribution in [0.3, 0.4) is 0 Å². The fourth-order valence-electron chi connectivity index (χ4n) is 1.36. The normalized spacial score (nSPS) is 13.9. The average Bonchev–Trinajstić information content (AvgIpc) is 2.28. The third-order valence-electron chi connectivity index (χ3n) is 2.56. The van der Waals surface area contributed by atoms with Gasteiger partial charge in [-0.3, -0.25) is 4.98 Å². The lowest BCUT2D eigenvalue weighted by Crippen LogP contribution is -2.36. The summed E-state index contributed by atoms with van der Waals surface area (Å²) in [4.78, 5) is 3.38. The molecule has 1 heterocycles. The molecule has 17 heavy (non-hydrogen) atoms. The van der Waals surface area contributed by atoms with Crippen molar-refractivity contribution in [2.24, 2.45) is 5.73 Å². The first kappa shape index (κ1) is 14.0. The quantitative estimate of drug-likeness (QED) is 0.841. The molecule has 1 rings (SSSR count). The Morgan fingerprint density at radius 1 is 1.53 bits per heavy atom. The number of sulfonamides is 1. The molecule has 0 bridgehead atoms. The van der Waals surface area contributed by atoms with Crippen LogP contribution in [0.15, 0.2) is 23.4 Å². The summed E-state index contributed by atoms with van der Waals surface area (Å²) in [5.41, 5.74) is 5.38. The molecular weight excluding hydrogens is 245 g/mol. The van der Waals surface area contributed by atoms with Crippen molar-refractivity contribution in [1.82, 2.24) is 9.29 Å². The molecular formula is C10H16FN3O2S. The molecule has 0 saturated heterocycles. The van der Waals surface area contributed by atoms with Crippen molar-refractivity contribution in [3.63, 3.8) is 0 Å². The highest BCUT2D eigenvalue weighted by molar-refractivity contribution is 7.89. The summed E-state index contributed by atoms with van der Waals surface area (Å²) in [6.45, 7) is 2.14. The summed E-state index contributed by atoms with van der Waals surface area (Å²) < 4.78 is 38.3. The monoisotopic (exact) mass is 261 g/mol. The molecule has 1 unspecified atom stereocenters. The molecule has 0 spiro atoms. The van der Waals surface area contributed by atoms with Gasteiger partial charge >= 0.3 is 0 Å². The van der Waals surface area contributed by atoms with E-state index >= 15 is 0 Å². The Balaban J connectivity index is 3.03. The first-order valence-corrected chi connectivity index (χ1v) is 6.62. The molecule has 0 aliphatic heterocycles. The van der Waals surface area contributed by atoms with Gasteiger partial charge in [-0.05, 0) is 26.0 Å². The third kappa shape index (κ3) is 3.21. The third-order valence-corrected chi connectivity index (χ3v) is 4.50. The molecule has 7 heteroatoms. The van der Waals surface area contributed by atoms with Gasteiger partial charge in [0.1, 0.15) is 10.7 Å². The standard InChI is InChI=1S/C10H16FN3O2S/c1-8(3-4-12)14(2)17(15,16)10-5-9(11)6-13-7-10/h5-8H,3-4,12H2,1-2H3. The Morgan fingerprint density at radius 3 is 2.71 bits per heavy atom. The van der Waals surface area contributed by atoms with Gasteiger partial charge in [0, 0.05) is 19.3 Å². The molecule has 1 atom stereocenters. The fourth-order valence-corrected chi connectivity index (χ4v) is 2.73. The first-order chi connectivity index (χ1) is 7.89. The summed E-state index contributed by atoms with van der Waals surface area (Å²) in [5, 5.41) is 0. The molecule has 1 aromatic rings. The number of pyridine rings is 1. The minimum atomic E-state index is -3.71.